The molecule has 0 amide bonds. The molecule has 98 valence electrons. The number of benzene rings is 1. The van der Waals surface area contributed by atoms with Crippen molar-refractivity contribution in [1.82, 2.24) is 0 Å². The van der Waals surface area contributed by atoms with Gasteiger partial charge in [0.15, 0.2) is 0 Å². The van der Waals surface area contributed by atoms with Crippen LogP contribution in [0.1, 0.15) is 72.9 Å². The summed E-state index contributed by atoms with van der Waals surface area (Å²) in [6.45, 7) is 4.38. The first-order valence-electron chi connectivity index (χ1n) is 7.31. The molecule has 1 aromatic carbocycles. The average Bonchev–Trinajstić information content (AvgIpc) is 2.40. The lowest BCUT2D eigenvalue weighted by Gasteiger charge is -2.30. The molecule has 0 radical (unpaired) electrons. The lowest BCUT2D eigenvalue weighted by Crippen LogP contribution is -2.15. The third kappa shape index (κ3) is 2.82. The molecule has 1 nitrogen and oxygen atoms in total. The van der Waals surface area contributed by atoms with Crippen LogP contribution in [0.2, 0.25) is 0 Å². The van der Waals surface area contributed by atoms with Crippen molar-refractivity contribution in [3.8, 4) is 0 Å². The Hall–Kier alpha value is -1.11. The number of hydrogen-bond donors (Lipinski definition) is 0. The number of rotatable bonds is 4. The van der Waals surface area contributed by atoms with Crippen LogP contribution in [0.5, 0.6) is 0 Å². The van der Waals surface area contributed by atoms with Gasteiger partial charge in [0.05, 0.1) is 0 Å². The second-order valence-corrected chi connectivity index (χ2v) is 5.70. The minimum absolute atomic E-state index is 0.676. The van der Waals surface area contributed by atoms with Gasteiger partial charge in [0.1, 0.15) is 6.29 Å². The monoisotopic (exact) mass is 244 g/mol. The van der Waals surface area contributed by atoms with Crippen LogP contribution in [0.25, 0.3) is 0 Å². The first-order valence-corrected chi connectivity index (χ1v) is 7.31. The number of hydrogen-bond acceptors (Lipinski definition) is 1. The molecular weight excluding hydrogens is 220 g/mol. The van der Waals surface area contributed by atoms with Crippen molar-refractivity contribution in [1.29, 1.82) is 0 Å². The summed E-state index contributed by atoms with van der Waals surface area (Å²) in [5.41, 5.74) is 3.49. The summed E-state index contributed by atoms with van der Waals surface area (Å²) in [5.74, 6) is 1.57. The molecule has 0 spiro atoms. The molecule has 1 aliphatic carbocycles. The molecule has 1 heteroatoms. The Kier molecular flexibility index (Phi) is 4.57. The van der Waals surface area contributed by atoms with E-state index in [2.05, 4.69) is 19.9 Å². The lowest BCUT2D eigenvalue weighted by atomic mass is 9.75. The Morgan fingerprint density at radius 3 is 2.89 bits per heavy atom. The SMILES string of the molecule is CCCC1CCCC(c2cccc(C=O)c2C)C1. The summed E-state index contributed by atoms with van der Waals surface area (Å²) in [6, 6.07) is 6.19. The zero-order chi connectivity index (χ0) is 13.0. The van der Waals surface area contributed by atoms with Gasteiger partial charge in [-0.15, -0.1) is 0 Å². The summed E-state index contributed by atoms with van der Waals surface area (Å²) in [7, 11) is 0. The van der Waals surface area contributed by atoms with E-state index in [1.54, 1.807) is 0 Å². The maximum absolute atomic E-state index is 11.0. The summed E-state index contributed by atoms with van der Waals surface area (Å²) in [4.78, 5) is 11.0. The molecule has 0 saturated heterocycles. The van der Waals surface area contributed by atoms with E-state index in [1.807, 2.05) is 12.1 Å². The number of carbonyl (C=O) groups is 1. The Bertz CT molecular complexity index is 406. The van der Waals surface area contributed by atoms with Gasteiger partial charge in [0, 0.05) is 5.56 Å². The minimum atomic E-state index is 0.676. The predicted molar refractivity (Wildman–Crippen MR) is 76.2 cm³/mol. The Morgan fingerprint density at radius 2 is 2.17 bits per heavy atom. The van der Waals surface area contributed by atoms with E-state index < -0.39 is 0 Å². The lowest BCUT2D eigenvalue weighted by molar-refractivity contribution is 0.112. The van der Waals surface area contributed by atoms with Crippen molar-refractivity contribution in [2.45, 2.75) is 58.3 Å². The highest BCUT2D eigenvalue weighted by atomic mass is 16.1. The largest absolute Gasteiger partial charge is 0.298 e. The van der Waals surface area contributed by atoms with E-state index >= 15 is 0 Å². The first-order chi connectivity index (χ1) is 8.76. The number of carbonyl (C=O) groups excluding carboxylic acids is 1. The Labute approximate surface area is 111 Å². The molecule has 2 rings (SSSR count). The zero-order valence-electron chi connectivity index (χ0n) is 11.6. The normalized spacial score (nSPS) is 23.9. The van der Waals surface area contributed by atoms with E-state index in [0.717, 1.165) is 17.8 Å². The van der Waals surface area contributed by atoms with Crippen molar-refractivity contribution < 1.29 is 4.79 Å². The highest BCUT2D eigenvalue weighted by Gasteiger charge is 2.24. The van der Waals surface area contributed by atoms with Gasteiger partial charge >= 0.3 is 0 Å². The van der Waals surface area contributed by atoms with Crippen molar-refractivity contribution in [2.75, 3.05) is 0 Å². The zero-order valence-corrected chi connectivity index (χ0v) is 11.6. The van der Waals surface area contributed by atoms with Crippen molar-refractivity contribution in [2.24, 2.45) is 5.92 Å². The second-order valence-electron chi connectivity index (χ2n) is 5.70. The van der Waals surface area contributed by atoms with Gasteiger partial charge in [0.25, 0.3) is 0 Å². The van der Waals surface area contributed by atoms with Crippen LogP contribution in [0.3, 0.4) is 0 Å². The van der Waals surface area contributed by atoms with Crippen LogP contribution >= 0.6 is 0 Å². The molecule has 18 heavy (non-hydrogen) atoms. The van der Waals surface area contributed by atoms with E-state index in [-0.39, 0.29) is 0 Å². The van der Waals surface area contributed by atoms with Crippen LogP contribution in [0.4, 0.5) is 0 Å². The van der Waals surface area contributed by atoms with E-state index in [4.69, 9.17) is 0 Å². The van der Waals surface area contributed by atoms with E-state index in [1.165, 1.54) is 49.7 Å². The number of aldehydes is 1. The smallest absolute Gasteiger partial charge is 0.150 e. The van der Waals surface area contributed by atoms with Crippen molar-refractivity contribution >= 4 is 6.29 Å². The van der Waals surface area contributed by atoms with Gasteiger partial charge in [-0.05, 0) is 42.7 Å². The first kappa shape index (κ1) is 13.3. The van der Waals surface area contributed by atoms with Gasteiger partial charge in [-0.3, -0.25) is 4.79 Å². The summed E-state index contributed by atoms with van der Waals surface area (Å²) in [6.07, 6.45) is 9.01. The van der Waals surface area contributed by atoms with Crippen LogP contribution < -0.4 is 0 Å². The molecule has 1 saturated carbocycles. The van der Waals surface area contributed by atoms with Gasteiger partial charge in [-0.2, -0.15) is 0 Å². The maximum atomic E-state index is 11.0. The standard InChI is InChI=1S/C17H24O/c1-3-6-14-7-4-8-15(11-14)17-10-5-9-16(12-18)13(17)2/h5,9-10,12,14-15H,3-4,6-8,11H2,1-2H3. The fraction of sp³-hybridized carbons (Fsp3) is 0.588. The summed E-state index contributed by atoms with van der Waals surface area (Å²) < 4.78 is 0. The van der Waals surface area contributed by atoms with Crippen molar-refractivity contribution in [3.63, 3.8) is 0 Å². The van der Waals surface area contributed by atoms with Gasteiger partial charge in [0.2, 0.25) is 0 Å². The molecule has 0 N–H and O–H groups in total. The predicted octanol–water partition coefficient (Wildman–Crippen LogP) is 4.88. The molecule has 2 unspecified atom stereocenters. The average molecular weight is 244 g/mol. The highest BCUT2D eigenvalue weighted by molar-refractivity contribution is 5.77. The molecule has 0 aliphatic heterocycles. The molecule has 1 aliphatic rings. The molecule has 2 atom stereocenters. The van der Waals surface area contributed by atoms with Crippen LogP contribution in [0, 0.1) is 12.8 Å². The van der Waals surface area contributed by atoms with E-state index in [9.17, 15) is 4.79 Å². The Balaban J connectivity index is 2.18. The minimum Gasteiger partial charge on any atom is -0.298 e. The highest BCUT2D eigenvalue weighted by Crippen LogP contribution is 2.39. The molecule has 0 aromatic heterocycles. The van der Waals surface area contributed by atoms with Crippen LogP contribution in [-0.4, -0.2) is 6.29 Å². The summed E-state index contributed by atoms with van der Waals surface area (Å²) >= 11 is 0. The molecular formula is C17H24O. The Morgan fingerprint density at radius 1 is 1.33 bits per heavy atom. The molecule has 0 heterocycles. The van der Waals surface area contributed by atoms with E-state index in [0.29, 0.717) is 5.92 Å². The summed E-state index contributed by atoms with van der Waals surface area (Å²) in [5, 5.41) is 0. The molecule has 0 bridgehead atoms. The second kappa shape index (κ2) is 6.17. The fourth-order valence-electron chi connectivity index (χ4n) is 3.49. The molecule has 1 aromatic rings. The topological polar surface area (TPSA) is 17.1 Å². The van der Waals surface area contributed by atoms with Gasteiger partial charge in [-0.1, -0.05) is 50.8 Å². The third-order valence-electron chi connectivity index (χ3n) is 4.46. The quantitative estimate of drug-likeness (QED) is 0.690. The van der Waals surface area contributed by atoms with Crippen molar-refractivity contribution in [3.05, 3.63) is 34.9 Å². The third-order valence-corrected chi connectivity index (χ3v) is 4.46. The fourth-order valence-corrected chi connectivity index (χ4v) is 3.49. The van der Waals surface area contributed by atoms with Gasteiger partial charge in [-0.25, -0.2) is 0 Å². The van der Waals surface area contributed by atoms with Crippen LogP contribution in [0.15, 0.2) is 18.2 Å². The maximum Gasteiger partial charge on any atom is 0.150 e. The molecule has 1 fully saturated rings. The van der Waals surface area contributed by atoms with Crippen LogP contribution in [-0.2, 0) is 0 Å². The van der Waals surface area contributed by atoms with Gasteiger partial charge < -0.3 is 0 Å².